The van der Waals surface area contributed by atoms with Gasteiger partial charge in [0.1, 0.15) is 6.04 Å². The van der Waals surface area contributed by atoms with Gasteiger partial charge in [-0.1, -0.05) is 61.5 Å². The Hall–Kier alpha value is -1.69. The quantitative estimate of drug-likeness (QED) is 0.363. The third-order valence-electron chi connectivity index (χ3n) is 6.00. The van der Waals surface area contributed by atoms with E-state index in [0.29, 0.717) is 35.2 Å². The number of carbonyl (C=O) groups excluding carboxylic acids is 2. The van der Waals surface area contributed by atoms with Crippen LogP contribution in [0.4, 0.5) is 0 Å². The molecule has 0 bridgehead atoms. The third-order valence-corrected chi connectivity index (χ3v) is 7.52. The number of halogens is 2. The van der Waals surface area contributed by atoms with E-state index >= 15 is 0 Å². The fourth-order valence-corrected chi connectivity index (χ4v) is 5.27. The van der Waals surface area contributed by atoms with Gasteiger partial charge in [-0.3, -0.25) is 9.59 Å². The van der Waals surface area contributed by atoms with Crippen molar-refractivity contribution in [2.24, 2.45) is 0 Å². The minimum Gasteiger partial charge on any atom is -0.352 e. The van der Waals surface area contributed by atoms with Gasteiger partial charge in [-0.2, -0.15) is 0 Å². The van der Waals surface area contributed by atoms with Crippen LogP contribution >= 0.6 is 35.0 Å². The van der Waals surface area contributed by atoms with Crippen molar-refractivity contribution in [3.8, 4) is 0 Å². The predicted octanol–water partition coefficient (Wildman–Crippen LogP) is 6.73. The number of nitrogens with one attached hydrogen (secondary N) is 1. The summed E-state index contributed by atoms with van der Waals surface area (Å²) in [5.41, 5.74) is 0.960. The van der Waals surface area contributed by atoms with E-state index in [1.54, 1.807) is 16.7 Å². The van der Waals surface area contributed by atoms with Crippen molar-refractivity contribution in [2.45, 2.75) is 75.4 Å². The minimum atomic E-state index is -0.490. The van der Waals surface area contributed by atoms with Crippen molar-refractivity contribution >= 4 is 46.8 Å². The summed E-state index contributed by atoms with van der Waals surface area (Å²) in [5.74, 6) is 0.576. The zero-order chi connectivity index (χ0) is 23.6. The maximum Gasteiger partial charge on any atom is 0.243 e. The number of amides is 2. The monoisotopic (exact) mass is 506 g/mol. The Balaban J connectivity index is 1.68. The normalized spacial score (nSPS) is 15.1. The summed E-state index contributed by atoms with van der Waals surface area (Å²) in [6.45, 7) is 2.36. The van der Waals surface area contributed by atoms with Crippen LogP contribution in [0.1, 0.15) is 57.4 Å². The second-order valence-electron chi connectivity index (χ2n) is 8.47. The first-order valence-electron chi connectivity index (χ1n) is 11.7. The Morgan fingerprint density at radius 3 is 2.21 bits per heavy atom. The molecule has 7 heteroatoms. The Labute approximate surface area is 211 Å². The van der Waals surface area contributed by atoms with Crippen LogP contribution in [0.5, 0.6) is 0 Å². The molecule has 1 N–H and O–H groups in total. The van der Waals surface area contributed by atoms with Crippen LogP contribution in [0.3, 0.4) is 0 Å². The van der Waals surface area contributed by atoms with Gasteiger partial charge in [0, 0.05) is 39.7 Å². The molecule has 0 heterocycles. The lowest BCUT2D eigenvalue weighted by Crippen LogP contribution is -2.51. The van der Waals surface area contributed by atoms with Gasteiger partial charge < -0.3 is 10.2 Å². The molecule has 2 amide bonds. The summed E-state index contributed by atoms with van der Waals surface area (Å²) in [6.07, 6.45) is 6.50. The molecule has 0 aromatic heterocycles. The standard InChI is InChI=1S/C26H32Cl2N2O2S/c1-2-24(26(32)29-22-6-4-3-5-7-22)30(18-19-8-10-20(27)11-9-19)25(31)16-17-33-23-14-12-21(28)13-15-23/h8-15,22,24H,2-7,16-18H2,1H3,(H,29,32)/t24-/m0/s1. The molecule has 4 nitrogen and oxygen atoms in total. The van der Waals surface area contributed by atoms with Gasteiger partial charge >= 0.3 is 0 Å². The number of nitrogens with zero attached hydrogens (tertiary/aromatic N) is 1. The van der Waals surface area contributed by atoms with Gasteiger partial charge in [-0.25, -0.2) is 0 Å². The van der Waals surface area contributed by atoms with Gasteiger partial charge in [0.25, 0.3) is 0 Å². The Morgan fingerprint density at radius 1 is 1.00 bits per heavy atom. The smallest absolute Gasteiger partial charge is 0.243 e. The molecule has 2 aromatic carbocycles. The van der Waals surface area contributed by atoms with E-state index in [-0.39, 0.29) is 17.9 Å². The maximum atomic E-state index is 13.3. The first-order valence-corrected chi connectivity index (χ1v) is 13.4. The molecule has 0 radical (unpaired) electrons. The van der Waals surface area contributed by atoms with Crippen molar-refractivity contribution in [3.05, 3.63) is 64.1 Å². The second-order valence-corrected chi connectivity index (χ2v) is 10.5. The van der Waals surface area contributed by atoms with E-state index in [1.807, 2.05) is 55.5 Å². The van der Waals surface area contributed by atoms with Crippen molar-refractivity contribution in [2.75, 3.05) is 5.75 Å². The average Bonchev–Trinajstić information content (AvgIpc) is 2.82. The van der Waals surface area contributed by atoms with E-state index < -0.39 is 6.04 Å². The summed E-state index contributed by atoms with van der Waals surface area (Å²) in [5, 5.41) is 4.56. The van der Waals surface area contributed by atoms with Crippen LogP contribution < -0.4 is 5.32 Å². The Bertz CT molecular complexity index is 900. The van der Waals surface area contributed by atoms with Crippen LogP contribution in [0.2, 0.25) is 10.0 Å². The van der Waals surface area contributed by atoms with E-state index in [4.69, 9.17) is 23.2 Å². The van der Waals surface area contributed by atoms with Crippen LogP contribution in [0.15, 0.2) is 53.4 Å². The lowest BCUT2D eigenvalue weighted by Gasteiger charge is -2.33. The Kier molecular flexibility index (Phi) is 10.4. The molecule has 1 saturated carbocycles. The second kappa shape index (κ2) is 13.3. The van der Waals surface area contributed by atoms with Gasteiger partial charge in [0.15, 0.2) is 0 Å². The van der Waals surface area contributed by atoms with E-state index in [1.165, 1.54) is 6.42 Å². The van der Waals surface area contributed by atoms with Crippen molar-refractivity contribution in [3.63, 3.8) is 0 Å². The van der Waals surface area contributed by atoms with Crippen molar-refractivity contribution in [1.29, 1.82) is 0 Å². The molecule has 0 unspecified atom stereocenters. The van der Waals surface area contributed by atoms with Crippen molar-refractivity contribution < 1.29 is 9.59 Å². The molecule has 33 heavy (non-hydrogen) atoms. The molecular weight excluding hydrogens is 475 g/mol. The average molecular weight is 508 g/mol. The summed E-state index contributed by atoms with van der Waals surface area (Å²) < 4.78 is 0. The highest BCUT2D eigenvalue weighted by Crippen LogP contribution is 2.23. The van der Waals surface area contributed by atoms with Gasteiger partial charge in [-0.05, 0) is 61.2 Å². The molecular formula is C26H32Cl2N2O2S. The molecule has 0 spiro atoms. The number of hydrogen-bond donors (Lipinski definition) is 1. The first-order chi connectivity index (χ1) is 16.0. The van der Waals surface area contributed by atoms with E-state index in [0.717, 1.165) is 36.1 Å². The molecule has 178 valence electrons. The topological polar surface area (TPSA) is 49.4 Å². The van der Waals surface area contributed by atoms with Gasteiger partial charge in [-0.15, -0.1) is 11.8 Å². The number of benzene rings is 2. The van der Waals surface area contributed by atoms with Crippen LogP contribution in [-0.4, -0.2) is 34.6 Å². The summed E-state index contributed by atoms with van der Waals surface area (Å²) in [4.78, 5) is 29.4. The summed E-state index contributed by atoms with van der Waals surface area (Å²) in [7, 11) is 0. The molecule has 0 saturated heterocycles. The molecule has 1 aliphatic carbocycles. The molecule has 0 aliphatic heterocycles. The molecule has 2 aromatic rings. The zero-order valence-corrected chi connectivity index (χ0v) is 21.4. The largest absolute Gasteiger partial charge is 0.352 e. The summed E-state index contributed by atoms with van der Waals surface area (Å²) >= 11 is 13.6. The summed E-state index contributed by atoms with van der Waals surface area (Å²) in [6, 6.07) is 14.8. The number of carbonyl (C=O) groups is 2. The van der Waals surface area contributed by atoms with E-state index in [2.05, 4.69) is 5.32 Å². The lowest BCUT2D eigenvalue weighted by atomic mass is 9.95. The van der Waals surface area contributed by atoms with Crippen LogP contribution in [0, 0.1) is 0 Å². The fraction of sp³-hybridized carbons (Fsp3) is 0.462. The molecule has 1 atom stereocenters. The molecule has 1 aliphatic rings. The fourth-order valence-electron chi connectivity index (χ4n) is 4.18. The maximum absolute atomic E-state index is 13.3. The first kappa shape index (κ1) is 25.9. The molecule has 1 fully saturated rings. The highest BCUT2D eigenvalue weighted by atomic mass is 35.5. The Morgan fingerprint density at radius 2 is 1.61 bits per heavy atom. The third kappa shape index (κ3) is 8.24. The van der Waals surface area contributed by atoms with Crippen molar-refractivity contribution in [1.82, 2.24) is 10.2 Å². The van der Waals surface area contributed by atoms with Gasteiger partial charge in [0.05, 0.1) is 0 Å². The van der Waals surface area contributed by atoms with Gasteiger partial charge in [0.2, 0.25) is 11.8 Å². The van der Waals surface area contributed by atoms with Crippen LogP contribution in [-0.2, 0) is 16.1 Å². The SMILES string of the molecule is CC[C@@H](C(=O)NC1CCCCC1)N(Cc1ccc(Cl)cc1)C(=O)CCSc1ccc(Cl)cc1. The highest BCUT2D eigenvalue weighted by Gasteiger charge is 2.30. The van der Waals surface area contributed by atoms with E-state index in [9.17, 15) is 9.59 Å². The highest BCUT2D eigenvalue weighted by molar-refractivity contribution is 7.99. The minimum absolute atomic E-state index is 0.0166. The molecule has 3 rings (SSSR count). The number of rotatable bonds is 10. The lowest BCUT2D eigenvalue weighted by molar-refractivity contribution is -0.141. The zero-order valence-electron chi connectivity index (χ0n) is 19.1. The number of hydrogen-bond acceptors (Lipinski definition) is 3. The van der Waals surface area contributed by atoms with Crippen LogP contribution in [0.25, 0.3) is 0 Å². The number of thioether (sulfide) groups is 1. The predicted molar refractivity (Wildman–Crippen MR) is 138 cm³/mol.